The number of benzene rings is 1. The number of rotatable bonds is 7. The van der Waals surface area contributed by atoms with Gasteiger partial charge < -0.3 is 9.88 Å². The molecule has 0 saturated carbocycles. The summed E-state index contributed by atoms with van der Waals surface area (Å²) >= 11 is 1.19. The van der Waals surface area contributed by atoms with Crippen molar-refractivity contribution in [1.82, 2.24) is 14.8 Å². The van der Waals surface area contributed by atoms with Gasteiger partial charge in [0.2, 0.25) is 5.91 Å². The molecule has 1 amide bonds. The molecule has 5 nitrogen and oxygen atoms in total. The Labute approximate surface area is 158 Å². The molecule has 1 aliphatic rings. The van der Waals surface area contributed by atoms with E-state index in [0.29, 0.717) is 25.6 Å². The third-order valence-electron chi connectivity index (χ3n) is 5.22. The van der Waals surface area contributed by atoms with Gasteiger partial charge in [-0.3, -0.25) is 14.5 Å². The fraction of sp³-hybridized carbons (Fsp3) is 0.500. The molecule has 1 aromatic heterocycles. The van der Waals surface area contributed by atoms with E-state index < -0.39 is 0 Å². The lowest BCUT2D eigenvalue weighted by Gasteiger charge is -2.35. The van der Waals surface area contributed by atoms with Gasteiger partial charge in [-0.05, 0) is 30.9 Å². The Morgan fingerprint density at radius 3 is 2.77 bits per heavy atom. The van der Waals surface area contributed by atoms with Gasteiger partial charge in [-0.2, -0.15) is 0 Å². The van der Waals surface area contributed by atoms with Gasteiger partial charge >= 0.3 is 4.87 Å². The average Bonchev–Trinajstić information content (AvgIpc) is 2.98. The Balaban J connectivity index is 1.49. The fourth-order valence-corrected chi connectivity index (χ4v) is 4.33. The number of amides is 1. The highest BCUT2D eigenvalue weighted by Gasteiger charge is 2.22. The smallest absolute Gasteiger partial charge is 0.307 e. The number of hydrogen-bond donors (Lipinski definition) is 1. The van der Waals surface area contributed by atoms with Crippen molar-refractivity contribution in [2.75, 3.05) is 13.1 Å². The Kier molecular flexibility index (Phi) is 6.27. The van der Waals surface area contributed by atoms with Crippen LogP contribution in [0.4, 0.5) is 0 Å². The van der Waals surface area contributed by atoms with E-state index in [2.05, 4.69) is 41.4 Å². The molecule has 0 saturated heterocycles. The molecule has 0 fully saturated rings. The lowest BCUT2D eigenvalue weighted by atomic mass is 9.98. The van der Waals surface area contributed by atoms with Crippen LogP contribution in [0, 0.1) is 6.92 Å². The first-order chi connectivity index (χ1) is 12.6. The first-order valence-electron chi connectivity index (χ1n) is 9.31. The van der Waals surface area contributed by atoms with Gasteiger partial charge in [0.15, 0.2) is 0 Å². The summed E-state index contributed by atoms with van der Waals surface area (Å²) in [4.78, 5) is 26.4. The van der Waals surface area contributed by atoms with Crippen molar-refractivity contribution in [3.05, 3.63) is 56.1 Å². The molecule has 0 radical (unpaired) electrons. The average molecular weight is 374 g/mol. The number of thiazole rings is 1. The zero-order chi connectivity index (χ0) is 18.5. The summed E-state index contributed by atoms with van der Waals surface area (Å²) in [6.45, 7) is 7.18. The molecule has 1 aliphatic heterocycles. The van der Waals surface area contributed by atoms with E-state index in [1.807, 2.05) is 12.3 Å². The molecule has 0 spiro atoms. The van der Waals surface area contributed by atoms with E-state index in [1.165, 1.54) is 22.5 Å². The van der Waals surface area contributed by atoms with Crippen molar-refractivity contribution in [2.24, 2.45) is 0 Å². The van der Waals surface area contributed by atoms with E-state index in [0.717, 1.165) is 31.6 Å². The van der Waals surface area contributed by atoms with Crippen molar-refractivity contribution >= 4 is 17.2 Å². The van der Waals surface area contributed by atoms with Crippen LogP contribution < -0.4 is 10.2 Å². The molecule has 1 aromatic carbocycles. The summed E-state index contributed by atoms with van der Waals surface area (Å²) in [5.74, 6) is 0.0124. The van der Waals surface area contributed by atoms with Crippen LogP contribution in [-0.4, -0.2) is 34.5 Å². The third-order valence-corrected chi connectivity index (χ3v) is 6.10. The van der Waals surface area contributed by atoms with Crippen molar-refractivity contribution in [3.63, 3.8) is 0 Å². The number of fused-ring (bicyclic) bond motifs is 1. The van der Waals surface area contributed by atoms with Gasteiger partial charge in [0.25, 0.3) is 0 Å². The first-order valence-corrected chi connectivity index (χ1v) is 10.2. The summed E-state index contributed by atoms with van der Waals surface area (Å²) in [7, 11) is 0. The monoisotopic (exact) mass is 373 g/mol. The van der Waals surface area contributed by atoms with Crippen molar-refractivity contribution in [1.29, 1.82) is 0 Å². The maximum absolute atomic E-state index is 12.2. The van der Waals surface area contributed by atoms with Crippen LogP contribution in [0.25, 0.3) is 0 Å². The van der Waals surface area contributed by atoms with E-state index in [9.17, 15) is 9.59 Å². The van der Waals surface area contributed by atoms with Crippen LogP contribution in [-0.2, 0) is 24.3 Å². The van der Waals surface area contributed by atoms with Crippen LogP contribution in [0.2, 0.25) is 0 Å². The van der Waals surface area contributed by atoms with Crippen molar-refractivity contribution < 1.29 is 4.79 Å². The standard InChI is InChI=1S/C20H27N3O2S/c1-3-18(22-10-8-16-6-4-5-7-17(16)13-22)12-21-19(24)9-11-23-15(2)14-26-20(23)25/h4-7,14,18H,3,8-13H2,1-2H3,(H,21,24). The van der Waals surface area contributed by atoms with Crippen LogP contribution in [0.1, 0.15) is 36.6 Å². The number of aryl methyl sites for hydroxylation is 1. The molecule has 0 aliphatic carbocycles. The number of nitrogens with zero attached hydrogens (tertiary/aromatic N) is 2. The number of hydrogen-bond acceptors (Lipinski definition) is 4. The highest BCUT2D eigenvalue weighted by atomic mass is 32.1. The van der Waals surface area contributed by atoms with Crippen molar-refractivity contribution in [2.45, 2.75) is 52.2 Å². The molecule has 6 heteroatoms. The van der Waals surface area contributed by atoms with E-state index in [4.69, 9.17) is 0 Å². The predicted octanol–water partition coefficient (Wildman–Crippen LogP) is 2.56. The Morgan fingerprint density at radius 2 is 2.08 bits per heavy atom. The number of nitrogens with one attached hydrogen (secondary N) is 1. The largest absolute Gasteiger partial charge is 0.354 e. The molecule has 2 aromatic rings. The predicted molar refractivity (Wildman–Crippen MR) is 106 cm³/mol. The van der Waals surface area contributed by atoms with Gasteiger partial charge in [-0.1, -0.05) is 42.5 Å². The second-order valence-corrected chi connectivity index (χ2v) is 7.72. The molecule has 1 atom stereocenters. The first kappa shape index (κ1) is 18.9. The van der Waals surface area contributed by atoms with Crippen molar-refractivity contribution in [3.8, 4) is 0 Å². The molecule has 26 heavy (non-hydrogen) atoms. The number of aromatic nitrogens is 1. The SMILES string of the molecule is CCC(CNC(=O)CCn1c(C)csc1=O)N1CCc2ccccc2C1. The normalized spacial score (nSPS) is 15.5. The molecule has 140 valence electrons. The molecule has 1 unspecified atom stereocenters. The second-order valence-electron chi connectivity index (χ2n) is 6.90. The van der Waals surface area contributed by atoms with Gasteiger partial charge in [-0.25, -0.2) is 0 Å². The summed E-state index contributed by atoms with van der Waals surface area (Å²) in [6.07, 6.45) is 2.42. The lowest BCUT2D eigenvalue weighted by molar-refractivity contribution is -0.121. The summed E-state index contributed by atoms with van der Waals surface area (Å²) < 4.78 is 1.67. The van der Waals surface area contributed by atoms with Gasteiger partial charge in [0.1, 0.15) is 0 Å². The van der Waals surface area contributed by atoms with Gasteiger partial charge in [0, 0.05) is 49.7 Å². The lowest BCUT2D eigenvalue weighted by Crippen LogP contribution is -2.45. The Hall–Kier alpha value is -1.92. The zero-order valence-electron chi connectivity index (χ0n) is 15.5. The highest BCUT2D eigenvalue weighted by molar-refractivity contribution is 7.07. The molecule has 2 heterocycles. The Bertz CT molecular complexity index is 811. The summed E-state index contributed by atoms with van der Waals surface area (Å²) in [5.41, 5.74) is 3.77. The van der Waals surface area contributed by atoms with E-state index in [-0.39, 0.29) is 10.8 Å². The second kappa shape index (κ2) is 8.64. The van der Waals surface area contributed by atoms with E-state index in [1.54, 1.807) is 4.57 Å². The van der Waals surface area contributed by atoms with Crippen LogP contribution >= 0.6 is 11.3 Å². The fourth-order valence-electron chi connectivity index (χ4n) is 3.57. The molecule has 3 rings (SSSR count). The third kappa shape index (κ3) is 4.43. The highest BCUT2D eigenvalue weighted by Crippen LogP contribution is 2.21. The zero-order valence-corrected chi connectivity index (χ0v) is 16.3. The molecule has 0 bridgehead atoms. The maximum Gasteiger partial charge on any atom is 0.307 e. The number of carbonyl (C=O) groups is 1. The molecular formula is C20H27N3O2S. The van der Waals surface area contributed by atoms with Crippen LogP contribution in [0.5, 0.6) is 0 Å². The summed E-state index contributed by atoms with van der Waals surface area (Å²) in [6, 6.07) is 8.96. The minimum Gasteiger partial charge on any atom is -0.354 e. The van der Waals surface area contributed by atoms with Gasteiger partial charge in [0.05, 0.1) is 0 Å². The number of carbonyl (C=O) groups excluding carboxylic acids is 1. The van der Waals surface area contributed by atoms with E-state index >= 15 is 0 Å². The minimum atomic E-state index is 0.00807. The molecule has 1 N–H and O–H groups in total. The topological polar surface area (TPSA) is 54.3 Å². The van der Waals surface area contributed by atoms with Crippen LogP contribution in [0.15, 0.2) is 34.4 Å². The molecular weight excluding hydrogens is 346 g/mol. The summed E-state index contributed by atoms with van der Waals surface area (Å²) in [5, 5.41) is 4.90. The maximum atomic E-state index is 12.2. The quantitative estimate of drug-likeness (QED) is 0.812. The Morgan fingerprint density at radius 1 is 1.31 bits per heavy atom. The van der Waals surface area contributed by atoms with Crippen LogP contribution in [0.3, 0.4) is 0 Å². The van der Waals surface area contributed by atoms with Gasteiger partial charge in [-0.15, -0.1) is 0 Å². The minimum absolute atomic E-state index is 0.00807.